The summed E-state index contributed by atoms with van der Waals surface area (Å²) in [4.78, 5) is 21.1. The van der Waals surface area contributed by atoms with Crippen molar-refractivity contribution in [3.8, 4) is 0 Å². The number of hydrogen-bond acceptors (Lipinski definition) is 5. The van der Waals surface area contributed by atoms with Gasteiger partial charge in [-0.05, 0) is 23.8 Å². The van der Waals surface area contributed by atoms with E-state index < -0.39 is 34.1 Å². The number of carbonyl (C=O) groups excluding carboxylic acids is 1. The number of amides is 1. The minimum atomic E-state index is -1.25. The average Bonchev–Trinajstić information content (AvgIpc) is 2.68. The molecule has 2 aromatic carbocycles. The third-order valence-electron chi connectivity index (χ3n) is 4.18. The van der Waals surface area contributed by atoms with Crippen LogP contribution in [0.25, 0.3) is 0 Å². The van der Waals surface area contributed by atoms with Gasteiger partial charge in [-0.3, -0.25) is 14.9 Å². The van der Waals surface area contributed by atoms with E-state index in [0.717, 1.165) is 0 Å². The van der Waals surface area contributed by atoms with Crippen LogP contribution >= 0.6 is 34.8 Å². The largest absolute Gasteiger partial charge is 0.346 e. The Hall–Kier alpha value is -1.90. The predicted molar refractivity (Wildman–Crippen MR) is 104 cm³/mol. The molecular formula is C18H15Cl3N2O5. The van der Waals surface area contributed by atoms with Crippen LogP contribution in [-0.4, -0.2) is 28.3 Å². The monoisotopic (exact) mass is 444 g/mol. The van der Waals surface area contributed by atoms with Crippen molar-refractivity contribution in [2.24, 2.45) is 0 Å². The van der Waals surface area contributed by atoms with Gasteiger partial charge in [-0.2, -0.15) is 0 Å². The molecule has 0 aliphatic carbocycles. The number of rotatable bonds is 5. The molecule has 1 amide bonds. The molecule has 3 atom stereocenters. The number of hydrogen-bond donors (Lipinski definition) is 1. The zero-order valence-electron chi connectivity index (χ0n) is 14.3. The van der Waals surface area contributed by atoms with Crippen LogP contribution < -0.4 is 5.32 Å². The molecule has 28 heavy (non-hydrogen) atoms. The van der Waals surface area contributed by atoms with Crippen molar-refractivity contribution in [3.05, 3.63) is 74.8 Å². The summed E-state index contributed by atoms with van der Waals surface area (Å²) >= 11 is 17.5. The van der Waals surface area contributed by atoms with Crippen molar-refractivity contribution in [2.45, 2.75) is 23.3 Å². The molecule has 3 rings (SSSR count). The number of non-ortho nitro benzene ring substituents is 1. The first kappa shape index (κ1) is 20.8. The highest BCUT2D eigenvalue weighted by molar-refractivity contribution is 6.53. The maximum atomic E-state index is 11.9. The van der Waals surface area contributed by atoms with Crippen LogP contribution in [0.4, 0.5) is 5.69 Å². The number of nitro benzene ring substituents is 1. The summed E-state index contributed by atoms with van der Waals surface area (Å²) in [6, 6.07) is 12.3. The Morgan fingerprint density at radius 2 is 1.86 bits per heavy atom. The highest BCUT2D eigenvalue weighted by atomic mass is 35.5. The second kappa shape index (κ2) is 9.07. The molecule has 0 aromatic heterocycles. The van der Waals surface area contributed by atoms with E-state index in [-0.39, 0.29) is 12.3 Å². The molecule has 1 fully saturated rings. The summed E-state index contributed by atoms with van der Waals surface area (Å²) in [7, 11) is 0. The molecule has 7 nitrogen and oxygen atoms in total. The molecule has 0 radical (unpaired) electrons. The van der Waals surface area contributed by atoms with Crippen LogP contribution in [0.3, 0.4) is 0 Å². The number of ether oxygens (including phenoxy) is 2. The lowest BCUT2D eigenvalue weighted by Gasteiger charge is -2.37. The molecule has 1 heterocycles. The molecule has 148 valence electrons. The topological polar surface area (TPSA) is 90.7 Å². The van der Waals surface area contributed by atoms with Crippen LogP contribution in [0.2, 0.25) is 5.02 Å². The third kappa shape index (κ3) is 4.74. The number of nitrogens with zero attached hydrogens (tertiary/aromatic N) is 1. The molecule has 0 bridgehead atoms. The van der Waals surface area contributed by atoms with Crippen molar-refractivity contribution < 1.29 is 19.2 Å². The molecule has 1 unspecified atom stereocenters. The maximum absolute atomic E-state index is 11.9. The number of alkyl halides is 2. The Balaban J connectivity index is 1.88. The molecule has 1 saturated heterocycles. The van der Waals surface area contributed by atoms with Gasteiger partial charge in [0.1, 0.15) is 6.10 Å². The first-order valence-electron chi connectivity index (χ1n) is 8.21. The summed E-state index contributed by atoms with van der Waals surface area (Å²) in [5.74, 6) is -0.594. The average molecular weight is 446 g/mol. The molecule has 2 aromatic rings. The van der Waals surface area contributed by atoms with Gasteiger partial charge in [0.05, 0.1) is 17.6 Å². The lowest BCUT2D eigenvalue weighted by molar-refractivity contribution is -0.384. The highest BCUT2D eigenvalue weighted by Gasteiger charge is 2.36. The number of nitrogens with one attached hydrogen (secondary N) is 1. The number of nitro groups is 1. The maximum Gasteiger partial charge on any atom is 0.269 e. The van der Waals surface area contributed by atoms with Crippen molar-refractivity contribution in [1.29, 1.82) is 0 Å². The Morgan fingerprint density at radius 1 is 1.18 bits per heavy atom. The van der Waals surface area contributed by atoms with Gasteiger partial charge in [0.15, 0.2) is 11.1 Å². The van der Waals surface area contributed by atoms with Gasteiger partial charge in [-0.1, -0.05) is 53.0 Å². The number of halogens is 3. The summed E-state index contributed by atoms with van der Waals surface area (Å²) < 4.78 is 11.8. The van der Waals surface area contributed by atoms with E-state index in [2.05, 4.69) is 5.32 Å². The Labute approximate surface area is 175 Å². The Kier molecular flexibility index (Phi) is 6.74. The molecular weight excluding hydrogens is 431 g/mol. The van der Waals surface area contributed by atoms with E-state index >= 15 is 0 Å². The molecule has 1 N–H and O–H groups in total. The molecule has 0 saturated carbocycles. The van der Waals surface area contributed by atoms with Gasteiger partial charge in [-0.15, -0.1) is 0 Å². The molecule has 0 spiro atoms. The normalized spacial score (nSPS) is 22.1. The van der Waals surface area contributed by atoms with Crippen molar-refractivity contribution in [2.75, 3.05) is 6.61 Å². The fraction of sp³-hybridized carbons (Fsp3) is 0.278. The predicted octanol–water partition coefficient (Wildman–Crippen LogP) is 4.32. The second-order valence-corrected chi connectivity index (χ2v) is 7.51. The van der Waals surface area contributed by atoms with Crippen molar-refractivity contribution in [3.63, 3.8) is 0 Å². The summed E-state index contributed by atoms with van der Waals surface area (Å²) in [6.07, 6.45) is -1.43. The fourth-order valence-corrected chi connectivity index (χ4v) is 3.19. The zero-order valence-corrected chi connectivity index (χ0v) is 16.5. The quantitative estimate of drug-likeness (QED) is 0.420. The van der Waals surface area contributed by atoms with E-state index in [0.29, 0.717) is 16.1 Å². The summed E-state index contributed by atoms with van der Waals surface area (Å²) in [6.45, 7) is 0.101. The second-order valence-electron chi connectivity index (χ2n) is 6.01. The number of carbonyl (C=O) groups is 1. The summed E-state index contributed by atoms with van der Waals surface area (Å²) in [5.41, 5.74) is 1.20. The van der Waals surface area contributed by atoms with E-state index in [1.165, 1.54) is 12.1 Å². The van der Waals surface area contributed by atoms with Gasteiger partial charge < -0.3 is 14.8 Å². The minimum Gasteiger partial charge on any atom is -0.346 e. The van der Waals surface area contributed by atoms with Gasteiger partial charge in [0, 0.05) is 22.7 Å². The molecule has 1 aliphatic heterocycles. The van der Waals surface area contributed by atoms with E-state index in [1.807, 2.05) is 0 Å². The first-order valence-corrected chi connectivity index (χ1v) is 9.46. The van der Waals surface area contributed by atoms with E-state index in [4.69, 9.17) is 44.3 Å². The van der Waals surface area contributed by atoms with Crippen LogP contribution in [0.5, 0.6) is 0 Å². The molecule has 10 heteroatoms. The number of benzene rings is 2. The standard InChI is InChI=1S/C18H15Cl3N2O5/c19-13-4-2-1-3-12(13)18-27-9-14(22-17(24)16(20)21)15(28-18)10-5-7-11(8-6-10)23(25)26/h1-8,14-16,18H,9H2,(H,22,24)/t14-,15?,18+/m0/s1. The third-order valence-corrected chi connectivity index (χ3v) is 4.92. The van der Waals surface area contributed by atoms with Gasteiger partial charge in [-0.25, -0.2) is 0 Å². The zero-order chi connectivity index (χ0) is 20.3. The van der Waals surface area contributed by atoms with Crippen LogP contribution in [0.15, 0.2) is 48.5 Å². The lowest BCUT2D eigenvalue weighted by Crippen LogP contribution is -2.48. The van der Waals surface area contributed by atoms with Gasteiger partial charge in [0.25, 0.3) is 11.6 Å². The van der Waals surface area contributed by atoms with Gasteiger partial charge in [0.2, 0.25) is 0 Å². The van der Waals surface area contributed by atoms with Crippen molar-refractivity contribution >= 4 is 46.4 Å². The fourth-order valence-electron chi connectivity index (χ4n) is 2.83. The van der Waals surface area contributed by atoms with Gasteiger partial charge >= 0.3 is 0 Å². The van der Waals surface area contributed by atoms with E-state index in [1.54, 1.807) is 36.4 Å². The van der Waals surface area contributed by atoms with E-state index in [9.17, 15) is 14.9 Å². The Bertz CT molecular complexity index is 863. The smallest absolute Gasteiger partial charge is 0.269 e. The van der Waals surface area contributed by atoms with Crippen LogP contribution in [0.1, 0.15) is 23.5 Å². The SMILES string of the molecule is O=C(N[C@H]1CO[C@@H](c2ccccc2Cl)OC1c1ccc([N+](=O)[O-])cc1)C(Cl)Cl. The van der Waals surface area contributed by atoms with Crippen LogP contribution in [-0.2, 0) is 14.3 Å². The van der Waals surface area contributed by atoms with Crippen LogP contribution in [0, 0.1) is 10.1 Å². The first-order chi connectivity index (χ1) is 13.4. The lowest BCUT2D eigenvalue weighted by atomic mass is 10.0. The highest BCUT2D eigenvalue weighted by Crippen LogP contribution is 2.37. The molecule has 1 aliphatic rings. The summed E-state index contributed by atoms with van der Waals surface area (Å²) in [5, 5.41) is 14.0. The Morgan fingerprint density at radius 3 is 2.46 bits per heavy atom. The minimum absolute atomic E-state index is 0.0550. The van der Waals surface area contributed by atoms with Crippen molar-refractivity contribution in [1.82, 2.24) is 5.32 Å².